The van der Waals surface area contributed by atoms with Crippen LogP contribution in [-0.2, 0) is 10.0 Å². The van der Waals surface area contributed by atoms with E-state index in [0.717, 1.165) is 25.9 Å². The van der Waals surface area contributed by atoms with Crippen molar-refractivity contribution in [1.82, 2.24) is 9.21 Å². The van der Waals surface area contributed by atoms with E-state index in [1.54, 1.807) is 25.2 Å². The summed E-state index contributed by atoms with van der Waals surface area (Å²) in [5.41, 5.74) is 0. The summed E-state index contributed by atoms with van der Waals surface area (Å²) < 4.78 is 25.4. The summed E-state index contributed by atoms with van der Waals surface area (Å²) in [4.78, 5) is 2.24. The van der Waals surface area contributed by atoms with Gasteiger partial charge in [-0.15, -0.1) is 0 Å². The van der Waals surface area contributed by atoms with E-state index in [0.29, 0.717) is 0 Å². The second kappa shape index (κ2) is 4.80. The van der Waals surface area contributed by atoms with E-state index >= 15 is 0 Å². The van der Waals surface area contributed by atoms with E-state index < -0.39 is 10.0 Å². The summed E-state index contributed by atoms with van der Waals surface area (Å²) in [6, 6.07) is 0.189. The lowest BCUT2D eigenvalue weighted by molar-refractivity contribution is 0.197. The van der Waals surface area contributed by atoms with Crippen LogP contribution >= 0.6 is 0 Å². The first-order valence-corrected chi connectivity index (χ1v) is 7.01. The van der Waals surface area contributed by atoms with Crippen molar-refractivity contribution in [3.8, 4) is 0 Å². The lowest BCUT2D eigenvalue weighted by Gasteiger charge is -2.35. The average molecular weight is 234 g/mol. The van der Waals surface area contributed by atoms with Gasteiger partial charge in [-0.1, -0.05) is 0 Å². The lowest BCUT2D eigenvalue weighted by atomic mass is 10.1. The highest BCUT2D eigenvalue weighted by Crippen LogP contribution is 2.19. The zero-order chi connectivity index (χ0) is 11.6. The van der Waals surface area contributed by atoms with Crippen LogP contribution in [0.25, 0.3) is 0 Å². The standard InChI is InChI=1S/C10H22N2O2S/c1-9(2)15(13,14)12(4)10-5-7-11(3)8-6-10/h9-10H,5-8H2,1-4H3. The fraction of sp³-hybridized carbons (Fsp3) is 1.00. The molecule has 1 aliphatic heterocycles. The van der Waals surface area contributed by atoms with Gasteiger partial charge in [0.2, 0.25) is 10.0 Å². The fourth-order valence-corrected chi connectivity index (χ4v) is 3.19. The third-order valence-electron chi connectivity index (χ3n) is 3.20. The Bertz CT molecular complexity index is 293. The first-order chi connectivity index (χ1) is 6.85. The number of sulfonamides is 1. The third kappa shape index (κ3) is 2.92. The molecule has 1 rings (SSSR count). The zero-order valence-electron chi connectivity index (χ0n) is 10.1. The van der Waals surface area contributed by atoms with Gasteiger partial charge in [0.05, 0.1) is 5.25 Å². The van der Waals surface area contributed by atoms with Crippen LogP contribution in [0.15, 0.2) is 0 Å². The van der Waals surface area contributed by atoms with Gasteiger partial charge in [0.15, 0.2) is 0 Å². The molecule has 0 saturated carbocycles. The van der Waals surface area contributed by atoms with Gasteiger partial charge < -0.3 is 4.90 Å². The Balaban J connectivity index is 2.65. The van der Waals surface area contributed by atoms with Crippen molar-refractivity contribution in [3.63, 3.8) is 0 Å². The topological polar surface area (TPSA) is 40.6 Å². The zero-order valence-corrected chi connectivity index (χ0v) is 10.9. The van der Waals surface area contributed by atoms with Gasteiger partial charge in [0.1, 0.15) is 0 Å². The van der Waals surface area contributed by atoms with E-state index in [2.05, 4.69) is 11.9 Å². The molecule has 90 valence electrons. The molecule has 1 fully saturated rings. The van der Waals surface area contributed by atoms with E-state index in [-0.39, 0.29) is 11.3 Å². The number of hydrogen-bond donors (Lipinski definition) is 0. The maximum Gasteiger partial charge on any atom is 0.216 e. The van der Waals surface area contributed by atoms with Crippen LogP contribution in [0, 0.1) is 0 Å². The van der Waals surface area contributed by atoms with Gasteiger partial charge >= 0.3 is 0 Å². The van der Waals surface area contributed by atoms with Crippen LogP contribution in [0.4, 0.5) is 0 Å². The third-order valence-corrected chi connectivity index (χ3v) is 5.49. The lowest BCUT2D eigenvalue weighted by Crippen LogP contribution is -2.46. The van der Waals surface area contributed by atoms with Gasteiger partial charge in [-0.3, -0.25) is 0 Å². The van der Waals surface area contributed by atoms with Crippen molar-refractivity contribution in [2.24, 2.45) is 0 Å². The summed E-state index contributed by atoms with van der Waals surface area (Å²) in [5, 5.41) is -0.317. The van der Waals surface area contributed by atoms with Crippen molar-refractivity contribution in [2.75, 3.05) is 27.2 Å². The Morgan fingerprint density at radius 2 is 1.73 bits per heavy atom. The van der Waals surface area contributed by atoms with E-state index in [1.807, 2.05) is 0 Å². The van der Waals surface area contributed by atoms with Gasteiger partial charge in [-0.05, 0) is 46.8 Å². The predicted molar refractivity (Wildman–Crippen MR) is 62.3 cm³/mol. The maximum atomic E-state index is 11.9. The molecule has 0 N–H and O–H groups in total. The minimum Gasteiger partial charge on any atom is -0.306 e. The van der Waals surface area contributed by atoms with Crippen molar-refractivity contribution in [3.05, 3.63) is 0 Å². The maximum absolute atomic E-state index is 11.9. The number of likely N-dealkylation sites (tertiary alicyclic amines) is 1. The molecule has 0 bridgehead atoms. The van der Waals surface area contributed by atoms with Gasteiger partial charge in [0, 0.05) is 13.1 Å². The molecular weight excluding hydrogens is 212 g/mol. The molecule has 0 radical (unpaired) electrons. The highest BCUT2D eigenvalue weighted by atomic mass is 32.2. The molecule has 1 saturated heterocycles. The summed E-state index contributed by atoms with van der Waals surface area (Å²) >= 11 is 0. The summed E-state index contributed by atoms with van der Waals surface area (Å²) in [7, 11) is 0.711. The molecule has 0 aromatic carbocycles. The molecule has 1 heterocycles. The Kier molecular flexibility index (Phi) is 4.14. The summed E-state index contributed by atoms with van der Waals surface area (Å²) in [6.45, 7) is 5.45. The molecule has 5 heteroatoms. The van der Waals surface area contributed by atoms with E-state index in [4.69, 9.17) is 0 Å². The first-order valence-electron chi connectivity index (χ1n) is 5.51. The predicted octanol–water partition coefficient (Wildman–Crippen LogP) is 0.751. The molecule has 1 aliphatic rings. The number of nitrogens with zero attached hydrogens (tertiary/aromatic N) is 2. The van der Waals surface area contributed by atoms with Crippen LogP contribution < -0.4 is 0 Å². The number of piperidine rings is 1. The Hall–Kier alpha value is -0.130. The normalized spacial score (nSPS) is 21.5. The van der Waals surface area contributed by atoms with Gasteiger partial charge in [-0.25, -0.2) is 12.7 Å². The molecule has 0 spiro atoms. The number of hydrogen-bond acceptors (Lipinski definition) is 3. The highest BCUT2D eigenvalue weighted by Gasteiger charge is 2.30. The van der Waals surface area contributed by atoms with Crippen molar-refractivity contribution in [2.45, 2.75) is 38.0 Å². The Labute approximate surface area is 93.3 Å². The second-order valence-electron chi connectivity index (χ2n) is 4.64. The van der Waals surface area contributed by atoms with E-state index in [1.165, 1.54) is 0 Å². The Morgan fingerprint density at radius 3 is 2.13 bits per heavy atom. The van der Waals surface area contributed by atoms with Crippen molar-refractivity contribution >= 4 is 10.0 Å². The molecular formula is C10H22N2O2S. The van der Waals surface area contributed by atoms with Crippen LogP contribution in [0.5, 0.6) is 0 Å². The smallest absolute Gasteiger partial charge is 0.216 e. The van der Waals surface area contributed by atoms with E-state index in [9.17, 15) is 8.42 Å². The van der Waals surface area contributed by atoms with Crippen LogP contribution in [0.3, 0.4) is 0 Å². The largest absolute Gasteiger partial charge is 0.306 e. The SMILES string of the molecule is CC(C)S(=O)(=O)N(C)C1CCN(C)CC1. The average Bonchev–Trinajstić information content (AvgIpc) is 2.17. The summed E-state index contributed by atoms with van der Waals surface area (Å²) in [6.07, 6.45) is 1.89. The molecule has 0 aromatic heterocycles. The molecule has 0 aromatic rings. The molecule has 15 heavy (non-hydrogen) atoms. The molecule has 0 atom stereocenters. The second-order valence-corrected chi connectivity index (χ2v) is 7.19. The van der Waals surface area contributed by atoms with Crippen LogP contribution in [0.2, 0.25) is 0 Å². The quantitative estimate of drug-likeness (QED) is 0.723. The minimum atomic E-state index is -3.08. The van der Waals surface area contributed by atoms with Crippen LogP contribution in [0.1, 0.15) is 26.7 Å². The molecule has 4 nitrogen and oxygen atoms in total. The molecule has 0 aliphatic carbocycles. The summed E-state index contributed by atoms with van der Waals surface area (Å²) in [5.74, 6) is 0. The van der Waals surface area contributed by atoms with Crippen LogP contribution in [-0.4, -0.2) is 56.1 Å². The highest BCUT2D eigenvalue weighted by molar-refractivity contribution is 7.89. The van der Waals surface area contributed by atoms with Gasteiger partial charge in [0.25, 0.3) is 0 Å². The van der Waals surface area contributed by atoms with Gasteiger partial charge in [-0.2, -0.15) is 0 Å². The number of rotatable bonds is 3. The molecule has 0 unspecified atom stereocenters. The molecule has 0 amide bonds. The minimum absolute atomic E-state index is 0.189. The van der Waals surface area contributed by atoms with Crippen molar-refractivity contribution in [1.29, 1.82) is 0 Å². The first kappa shape index (κ1) is 12.9. The fourth-order valence-electron chi connectivity index (χ4n) is 1.90. The van der Waals surface area contributed by atoms with Crippen molar-refractivity contribution < 1.29 is 8.42 Å². The Morgan fingerprint density at radius 1 is 1.27 bits per heavy atom. The monoisotopic (exact) mass is 234 g/mol.